The zero-order valence-electron chi connectivity index (χ0n) is 29.4. The summed E-state index contributed by atoms with van der Waals surface area (Å²) in [4.78, 5) is 57.7. The van der Waals surface area contributed by atoms with Crippen LogP contribution in [-0.4, -0.2) is 45.9 Å². The lowest BCUT2D eigenvalue weighted by molar-refractivity contribution is -0.170. The van der Waals surface area contributed by atoms with E-state index in [2.05, 4.69) is 20.6 Å². The molecule has 2 aromatic rings. The van der Waals surface area contributed by atoms with Gasteiger partial charge in [-0.15, -0.1) is 0 Å². The molecule has 0 saturated heterocycles. The minimum atomic E-state index is -0.507. The Morgan fingerprint density at radius 2 is 1.04 bits per heavy atom. The Bertz CT molecular complexity index is 1670. The Morgan fingerprint density at radius 3 is 1.40 bits per heavy atom. The normalized spacial score (nSPS) is 21.4. The van der Waals surface area contributed by atoms with E-state index in [-0.39, 0.29) is 36.6 Å². The molecule has 0 aromatic carbocycles. The molecule has 256 valence electrons. The van der Waals surface area contributed by atoms with Gasteiger partial charge in [-0.3, -0.25) is 19.2 Å². The molecule has 0 unspecified atom stereocenters. The van der Waals surface area contributed by atoms with Crippen molar-refractivity contribution in [2.75, 3.05) is 0 Å². The van der Waals surface area contributed by atoms with Crippen molar-refractivity contribution < 1.29 is 28.7 Å². The fraction of sp³-hybridized carbons (Fsp3) is 0.474. The Morgan fingerprint density at radius 1 is 0.667 bits per heavy atom. The minimum absolute atomic E-state index is 0.0832. The number of H-pyrrole nitrogens is 2. The van der Waals surface area contributed by atoms with E-state index in [0.717, 1.165) is 104 Å². The predicted octanol–water partition coefficient (Wildman–Crippen LogP) is 6.15. The zero-order valence-corrected chi connectivity index (χ0v) is 29.4. The largest absolute Gasteiger partial charge is 0.458 e. The van der Waals surface area contributed by atoms with E-state index in [1.54, 1.807) is 0 Å². The predicted molar refractivity (Wildman–Crippen MR) is 184 cm³/mol. The summed E-state index contributed by atoms with van der Waals surface area (Å²) in [5.41, 5.74) is 12.0. The number of allylic oxidation sites excluding steroid dienone is 2. The van der Waals surface area contributed by atoms with E-state index in [1.807, 2.05) is 67.5 Å². The lowest BCUT2D eigenvalue weighted by Gasteiger charge is -2.30. The summed E-state index contributed by atoms with van der Waals surface area (Å²) in [5, 5.41) is 5.89. The van der Waals surface area contributed by atoms with Crippen molar-refractivity contribution in [2.24, 2.45) is 0 Å². The molecule has 1 saturated carbocycles. The van der Waals surface area contributed by atoms with E-state index in [9.17, 15) is 19.2 Å². The average Bonchev–Trinajstić information content (AvgIpc) is 3.67. The van der Waals surface area contributed by atoms with E-state index >= 15 is 0 Å². The monoisotopic (exact) mass is 656 g/mol. The fourth-order valence-corrected chi connectivity index (χ4v) is 7.20. The number of esters is 2. The number of ether oxygens (including phenoxy) is 2. The van der Waals surface area contributed by atoms with Crippen LogP contribution >= 0.6 is 0 Å². The first kappa shape index (κ1) is 34.7. The number of hydrogen-bond acceptors (Lipinski definition) is 6. The van der Waals surface area contributed by atoms with Gasteiger partial charge in [0.25, 0.3) is 11.8 Å². The highest BCUT2D eigenvalue weighted by atomic mass is 16.6. The summed E-state index contributed by atoms with van der Waals surface area (Å²) in [6.45, 7) is 15.5. The van der Waals surface area contributed by atoms with Gasteiger partial charge in [0, 0.05) is 45.3 Å². The topological polar surface area (TPSA) is 142 Å². The second-order valence-corrected chi connectivity index (χ2v) is 13.2. The lowest BCUT2D eigenvalue weighted by Crippen LogP contribution is -2.38. The Balaban J connectivity index is 1.23. The molecule has 1 fully saturated rings. The molecule has 48 heavy (non-hydrogen) atoms. The minimum Gasteiger partial charge on any atom is -0.458 e. The standard InChI is InChI=1S/C38H48N4O6/c1-9-25-21(5)37(45)41-31(25)17-29-19(3)27(23(7)39-29)15-35(43)47-33-13-11-12-14-34(33)48-36(44)16-28-20(4)30(40-24(28)8)18-32-26(10-2)22(6)38(46)42-32/h17-18,33-34,39-40H,9-16H2,1-8H3,(H,41,45)(H,42,46)/b31-17-,32-18-/t33-,34-/m1/s1. The van der Waals surface area contributed by atoms with Gasteiger partial charge in [-0.25, -0.2) is 0 Å². The van der Waals surface area contributed by atoms with Gasteiger partial charge in [-0.05, 0) is 126 Å². The van der Waals surface area contributed by atoms with Crippen molar-refractivity contribution in [2.45, 2.75) is 119 Å². The number of hydrogen-bond donors (Lipinski definition) is 4. The first-order valence-corrected chi connectivity index (χ1v) is 17.0. The second-order valence-electron chi connectivity index (χ2n) is 13.2. The number of aromatic nitrogens is 2. The molecule has 3 aliphatic rings. The van der Waals surface area contributed by atoms with Gasteiger partial charge in [0.05, 0.1) is 12.8 Å². The first-order chi connectivity index (χ1) is 22.8. The molecule has 2 aliphatic heterocycles. The first-order valence-electron chi connectivity index (χ1n) is 17.0. The van der Waals surface area contributed by atoms with Crippen molar-refractivity contribution in [3.63, 3.8) is 0 Å². The summed E-state index contributed by atoms with van der Waals surface area (Å²) in [6.07, 6.45) is 7.56. The van der Waals surface area contributed by atoms with Crippen molar-refractivity contribution in [3.8, 4) is 0 Å². The highest BCUT2D eigenvalue weighted by molar-refractivity contribution is 6.01. The highest BCUT2D eigenvalue weighted by Crippen LogP contribution is 2.31. The molecule has 1 aliphatic carbocycles. The van der Waals surface area contributed by atoms with Crippen molar-refractivity contribution in [1.82, 2.24) is 20.6 Å². The van der Waals surface area contributed by atoms with Crippen LogP contribution in [0.15, 0.2) is 33.7 Å². The Kier molecular flexibility index (Phi) is 10.3. The summed E-state index contributed by atoms with van der Waals surface area (Å²) in [6, 6.07) is 0. The highest BCUT2D eigenvalue weighted by Gasteiger charge is 2.33. The maximum Gasteiger partial charge on any atom is 0.310 e. The van der Waals surface area contributed by atoms with Gasteiger partial charge < -0.3 is 30.1 Å². The van der Waals surface area contributed by atoms with E-state index in [4.69, 9.17) is 9.47 Å². The molecule has 10 heteroatoms. The van der Waals surface area contributed by atoms with Gasteiger partial charge in [-0.1, -0.05) is 13.8 Å². The van der Waals surface area contributed by atoms with E-state index < -0.39 is 12.2 Å². The van der Waals surface area contributed by atoms with Crippen LogP contribution in [0.5, 0.6) is 0 Å². The molecule has 10 nitrogen and oxygen atoms in total. The molecular formula is C38H48N4O6. The molecule has 2 amide bonds. The number of nitrogens with one attached hydrogen (secondary N) is 4. The number of amides is 2. The van der Waals surface area contributed by atoms with Crippen LogP contribution in [0.1, 0.15) is 111 Å². The quantitative estimate of drug-likeness (QED) is 0.226. The molecule has 5 rings (SSSR count). The second kappa shape index (κ2) is 14.3. The number of aryl methyl sites for hydroxylation is 2. The zero-order chi connectivity index (χ0) is 34.9. The molecule has 4 N–H and O–H groups in total. The molecule has 4 heterocycles. The van der Waals surface area contributed by atoms with Crippen molar-refractivity contribution in [1.29, 1.82) is 0 Å². The smallest absolute Gasteiger partial charge is 0.310 e. The van der Waals surface area contributed by atoms with E-state index in [0.29, 0.717) is 12.8 Å². The van der Waals surface area contributed by atoms with Crippen LogP contribution in [0.2, 0.25) is 0 Å². The SMILES string of the molecule is CCC1=C(C)C(=O)N/C1=C\c1[nH]c(C)c(CC(=O)O[C@@H]2CCCC[C@H]2OC(=O)Cc2c(C)[nH]c(/C=C3\NC(=O)C(C)=C3CC)c2C)c1C. The summed E-state index contributed by atoms with van der Waals surface area (Å²) in [5.74, 6) is -0.896. The van der Waals surface area contributed by atoms with Crippen LogP contribution in [0, 0.1) is 27.7 Å². The third-order valence-corrected chi connectivity index (χ3v) is 10.1. The molecule has 0 spiro atoms. The molecular weight excluding hydrogens is 608 g/mol. The van der Waals surface area contributed by atoms with Gasteiger partial charge in [0.2, 0.25) is 0 Å². The van der Waals surface area contributed by atoms with Crippen molar-refractivity contribution in [3.05, 3.63) is 78.7 Å². The maximum absolute atomic E-state index is 13.3. The van der Waals surface area contributed by atoms with Crippen LogP contribution < -0.4 is 10.6 Å². The van der Waals surface area contributed by atoms with Gasteiger partial charge in [-0.2, -0.15) is 0 Å². The average molecular weight is 657 g/mol. The van der Waals surface area contributed by atoms with Crippen LogP contribution in [-0.2, 0) is 41.5 Å². The fourth-order valence-electron chi connectivity index (χ4n) is 7.20. The third kappa shape index (κ3) is 6.98. The van der Waals surface area contributed by atoms with Crippen molar-refractivity contribution >= 4 is 35.9 Å². The summed E-state index contributed by atoms with van der Waals surface area (Å²) >= 11 is 0. The van der Waals surface area contributed by atoms with Gasteiger partial charge in [0.1, 0.15) is 12.2 Å². The number of aromatic amines is 2. The Hall–Kier alpha value is -4.60. The molecule has 2 aromatic heterocycles. The molecule has 0 bridgehead atoms. The van der Waals surface area contributed by atoms with E-state index in [1.165, 1.54) is 0 Å². The molecule has 0 radical (unpaired) electrons. The van der Waals surface area contributed by atoms with Gasteiger partial charge in [0.15, 0.2) is 0 Å². The Labute approximate surface area is 282 Å². The van der Waals surface area contributed by atoms with Crippen LogP contribution in [0.3, 0.4) is 0 Å². The third-order valence-electron chi connectivity index (χ3n) is 10.1. The summed E-state index contributed by atoms with van der Waals surface area (Å²) < 4.78 is 12.0. The maximum atomic E-state index is 13.3. The molecule has 2 atom stereocenters. The van der Waals surface area contributed by atoms with Gasteiger partial charge >= 0.3 is 11.9 Å². The number of carbonyl (C=O) groups is 4. The summed E-state index contributed by atoms with van der Waals surface area (Å²) in [7, 11) is 0. The number of rotatable bonds is 10. The number of carbonyl (C=O) groups excluding carboxylic acids is 4. The van der Waals surface area contributed by atoms with Crippen LogP contribution in [0.25, 0.3) is 12.2 Å². The lowest BCUT2D eigenvalue weighted by atomic mass is 9.94. The van der Waals surface area contributed by atoms with Crippen LogP contribution in [0.4, 0.5) is 0 Å².